The Morgan fingerprint density at radius 2 is 2.00 bits per heavy atom. The number of hydrogen-bond acceptors (Lipinski definition) is 8. The highest BCUT2D eigenvalue weighted by Gasteiger charge is 2.20. The minimum Gasteiger partial charge on any atom is -0.478 e. The van der Waals surface area contributed by atoms with Crippen molar-refractivity contribution in [1.82, 2.24) is 20.3 Å². The molecule has 1 atom stereocenters. The Labute approximate surface area is 177 Å². The topological polar surface area (TPSA) is 115 Å². The molecule has 1 aliphatic heterocycles. The van der Waals surface area contributed by atoms with E-state index in [0.29, 0.717) is 23.5 Å². The largest absolute Gasteiger partial charge is 0.478 e. The van der Waals surface area contributed by atoms with Gasteiger partial charge in [0, 0.05) is 31.9 Å². The monoisotopic (exact) mass is 413 g/mol. The molecule has 0 spiro atoms. The number of anilines is 4. The maximum atomic E-state index is 11.3. The molecular weight excluding hydrogens is 382 g/mol. The third-order valence-corrected chi connectivity index (χ3v) is 4.80. The SMILES string of the molecule is Cc1ccc(C(=O)O)cc1Nc1nc(N[C@H]2CCNC2)nc(N(C)CC(C)(C)C)n1. The van der Waals surface area contributed by atoms with Gasteiger partial charge in [0.15, 0.2) is 0 Å². The summed E-state index contributed by atoms with van der Waals surface area (Å²) in [6, 6.07) is 5.20. The first kappa shape index (κ1) is 21.8. The third-order valence-electron chi connectivity index (χ3n) is 4.80. The first-order chi connectivity index (χ1) is 14.1. The van der Waals surface area contributed by atoms with Crippen LogP contribution >= 0.6 is 0 Å². The summed E-state index contributed by atoms with van der Waals surface area (Å²) < 4.78 is 0. The van der Waals surface area contributed by atoms with Crippen LogP contribution in [0.5, 0.6) is 0 Å². The van der Waals surface area contributed by atoms with E-state index in [1.54, 1.807) is 18.2 Å². The predicted octanol–water partition coefficient (Wildman–Crippen LogP) is 2.88. The van der Waals surface area contributed by atoms with Crippen molar-refractivity contribution in [3.8, 4) is 0 Å². The molecule has 4 N–H and O–H groups in total. The average Bonchev–Trinajstić information content (AvgIpc) is 3.14. The van der Waals surface area contributed by atoms with Crippen molar-refractivity contribution in [3.05, 3.63) is 29.3 Å². The van der Waals surface area contributed by atoms with Gasteiger partial charge in [0.2, 0.25) is 17.8 Å². The van der Waals surface area contributed by atoms with Crippen molar-refractivity contribution < 1.29 is 9.90 Å². The standard InChI is InChI=1S/C21H31N7O2/c1-13-6-7-14(17(29)30)10-16(13)24-19-25-18(23-15-8-9-22-11-15)26-20(27-19)28(5)12-21(2,3)4/h6-7,10,15,22H,8-9,11-12H2,1-5H3,(H,29,30)(H2,23,24,25,26,27)/t15-/m0/s1. The molecule has 9 heteroatoms. The molecule has 162 valence electrons. The molecule has 1 fully saturated rings. The molecule has 0 amide bonds. The molecule has 0 radical (unpaired) electrons. The van der Waals surface area contributed by atoms with Gasteiger partial charge in [0.1, 0.15) is 0 Å². The number of aromatic carboxylic acids is 1. The molecule has 1 aromatic heterocycles. The number of hydrogen-bond donors (Lipinski definition) is 4. The zero-order valence-electron chi connectivity index (χ0n) is 18.3. The fourth-order valence-corrected chi connectivity index (χ4v) is 3.41. The van der Waals surface area contributed by atoms with Gasteiger partial charge in [-0.15, -0.1) is 0 Å². The minimum absolute atomic E-state index is 0.0738. The molecule has 0 saturated carbocycles. The molecule has 1 aromatic carbocycles. The zero-order valence-corrected chi connectivity index (χ0v) is 18.3. The summed E-state index contributed by atoms with van der Waals surface area (Å²) in [5, 5.41) is 19.2. The maximum Gasteiger partial charge on any atom is 0.335 e. The number of carbonyl (C=O) groups is 1. The number of carboxylic acids is 1. The number of rotatable bonds is 7. The van der Waals surface area contributed by atoms with Crippen LogP contribution in [0.25, 0.3) is 0 Å². The van der Waals surface area contributed by atoms with E-state index in [1.165, 1.54) is 0 Å². The molecular formula is C21H31N7O2. The fourth-order valence-electron chi connectivity index (χ4n) is 3.41. The highest BCUT2D eigenvalue weighted by molar-refractivity contribution is 5.89. The number of aryl methyl sites for hydroxylation is 1. The quantitative estimate of drug-likeness (QED) is 0.544. The zero-order chi connectivity index (χ0) is 21.9. The maximum absolute atomic E-state index is 11.3. The van der Waals surface area contributed by atoms with Gasteiger partial charge in [0.05, 0.1) is 5.56 Å². The fraction of sp³-hybridized carbons (Fsp3) is 0.524. The Hall–Kier alpha value is -2.94. The van der Waals surface area contributed by atoms with Gasteiger partial charge in [-0.05, 0) is 43.0 Å². The van der Waals surface area contributed by atoms with Gasteiger partial charge in [-0.3, -0.25) is 0 Å². The van der Waals surface area contributed by atoms with E-state index in [-0.39, 0.29) is 17.0 Å². The van der Waals surface area contributed by atoms with Crippen LogP contribution in [0.1, 0.15) is 43.1 Å². The van der Waals surface area contributed by atoms with E-state index >= 15 is 0 Å². The van der Waals surface area contributed by atoms with Crippen molar-refractivity contribution in [1.29, 1.82) is 0 Å². The summed E-state index contributed by atoms with van der Waals surface area (Å²) in [6.07, 6.45) is 1.00. The molecule has 30 heavy (non-hydrogen) atoms. The molecule has 1 saturated heterocycles. The van der Waals surface area contributed by atoms with Crippen molar-refractivity contribution >= 4 is 29.5 Å². The molecule has 0 aliphatic carbocycles. The summed E-state index contributed by atoms with van der Waals surface area (Å²) in [6.45, 7) is 11.0. The number of aromatic nitrogens is 3. The van der Waals surface area contributed by atoms with E-state index < -0.39 is 5.97 Å². The van der Waals surface area contributed by atoms with Crippen molar-refractivity contribution in [3.63, 3.8) is 0 Å². The van der Waals surface area contributed by atoms with E-state index in [4.69, 9.17) is 0 Å². The molecule has 9 nitrogen and oxygen atoms in total. The molecule has 3 rings (SSSR count). The number of nitrogens with one attached hydrogen (secondary N) is 3. The van der Waals surface area contributed by atoms with Gasteiger partial charge in [-0.2, -0.15) is 15.0 Å². The second-order valence-corrected chi connectivity index (χ2v) is 8.99. The Bertz CT molecular complexity index is 905. The summed E-state index contributed by atoms with van der Waals surface area (Å²) in [5.74, 6) is 0.460. The van der Waals surface area contributed by atoms with Crippen LogP contribution in [0.4, 0.5) is 23.5 Å². The van der Waals surface area contributed by atoms with Crippen LogP contribution in [-0.4, -0.2) is 58.8 Å². The lowest BCUT2D eigenvalue weighted by atomic mass is 9.96. The molecule has 2 aromatic rings. The highest BCUT2D eigenvalue weighted by atomic mass is 16.4. The van der Waals surface area contributed by atoms with Crippen LogP contribution in [0.2, 0.25) is 0 Å². The van der Waals surface area contributed by atoms with E-state index in [2.05, 4.69) is 51.7 Å². The summed E-state index contributed by atoms with van der Waals surface area (Å²) in [4.78, 5) is 27.1. The average molecular weight is 414 g/mol. The number of benzene rings is 1. The third kappa shape index (κ3) is 5.79. The smallest absolute Gasteiger partial charge is 0.335 e. The second-order valence-electron chi connectivity index (χ2n) is 8.99. The van der Waals surface area contributed by atoms with E-state index in [9.17, 15) is 9.90 Å². The summed E-state index contributed by atoms with van der Waals surface area (Å²) in [5.41, 5.74) is 1.83. The number of carboxylic acid groups (broad SMARTS) is 1. The van der Waals surface area contributed by atoms with Crippen LogP contribution in [-0.2, 0) is 0 Å². The lowest BCUT2D eigenvalue weighted by molar-refractivity contribution is 0.0697. The van der Waals surface area contributed by atoms with Gasteiger partial charge >= 0.3 is 5.97 Å². The van der Waals surface area contributed by atoms with Crippen molar-refractivity contribution in [2.75, 3.05) is 42.2 Å². The van der Waals surface area contributed by atoms with Crippen molar-refractivity contribution in [2.24, 2.45) is 5.41 Å². The van der Waals surface area contributed by atoms with Crippen LogP contribution in [0, 0.1) is 12.3 Å². The van der Waals surface area contributed by atoms with Crippen LogP contribution in [0.15, 0.2) is 18.2 Å². The Morgan fingerprint density at radius 1 is 1.27 bits per heavy atom. The number of nitrogens with zero attached hydrogens (tertiary/aromatic N) is 4. The lowest BCUT2D eigenvalue weighted by Gasteiger charge is -2.27. The van der Waals surface area contributed by atoms with Crippen LogP contribution < -0.4 is 20.9 Å². The minimum atomic E-state index is -0.976. The molecule has 2 heterocycles. The van der Waals surface area contributed by atoms with Crippen LogP contribution in [0.3, 0.4) is 0 Å². The Morgan fingerprint density at radius 3 is 2.63 bits per heavy atom. The van der Waals surface area contributed by atoms with E-state index in [1.807, 2.05) is 18.9 Å². The van der Waals surface area contributed by atoms with Crippen molar-refractivity contribution in [2.45, 2.75) is 40.2 Å². The summed E-state index contributed by atoms with van der Waals surface area (Å²) >= 11 is 0. The molecule has 0 unspecified atom stereocenters. The van der Waals surface area contributed by atoms with Gasteiger partial charge in [-0.1, -0.05) is 26.8 Å². The first-order valence-electron chi connectivity index (χ1n) is 10.2. The molecule has 0 bridgehead atoms. The van der Waals surface area contributed by atoms with E-state index in [0.717, 1.165) is 31.6 Å². The first-order valence-corrected chi connectivity index (χ1v) is 10.2. The predicted molar refractivity (Wildman–Crippen MR) is 119 cm³/mol. The Kier molecular flexibility index (Phi) is 6.40. The highest BCUT2D eigenvalue weighted by Crippen LogP contribution is 2.24. The second kappa shape index (κ2) is 8.83. The van der Waals surface area contributed by atoms with Gasteiger partial charge in [-0.25, -0.2) is 4.79 Å². The van der Waals surface area contributed by atoms with Gasteiger partial charge in [0.25, 0.3) is 0 Å². The normalized spacial score (nSPS) is 16.4. The van der Waals surface area contributed by atoms with Gasteiger partial charge < -0.3 is 26.0 Å². The Balaban J connectivity index is 1.92. The summed E-state index contributed by atoms with van der Waals surface area (Å²) in [7, 11) is 1.96. The molecule has 1 aliphatic rings. The lowest BCUT2D eigenvalue weighted by Crippen LogP contribution is -2.31.